The van der Waals surface area contributed by atoms with Gasteiger partial charge in [-0.2, -0.15) is 0 Å². The molecule has 1 rings (SSSR count). The van der Waals surface area contributed by atoms with Crippen LogP contribution in [-0.4, -0.2) is 43.2 Å². The molecule has 0 bridgehead atoms. The van der Waals surface area contributed by atoms with Crippen LogP contribution >= 0.6 is 0 Å². The number of unbranched alkanes of at least 4 members (excludes halogenated alkanes) is 1. The average Bonchev–Trinajstić information content (AvgIpc) is 3.16. The number of hydrogen-bond acceptors (Lipinski definition) is 4. The summed E-state index contributed by atoms with van der Waals surface area (Å²) in [5.74, 6) is 0.590. The Hall–Kier alpha value is -0.610. The lowest BCUT2D eigenvalue weighted by atomic mass is 9.96. The van der Waals surface area contributed by atoms with Gasteiger partial charge in [-0.1, -0.05) is 0 Å². The van der Waals surface area contributed by atoms with Crippen molar-refractivity contribution in [1.82, 2.24) is 4.90 Å². The summed E-state index contributed by atoms with van der Waals surface area (Å²) in [6, 6.07) is 0.690. The fourth-order valence-electron chi connectivity index (χ4n) is 2.33. The second kappa shape index (κ2) is 6.53. The molecular weight excluding hydrogens is 228 g/mol. The topological polar surface area (TPSA) is 55.6 Å². The molecule has 2 N–H and O–H groups in total. The lowest BCUT2D eigenvalue weighted by Crippen LogP contribution is -2.45. The number of nitrogens with two attached hydrogens (primary N) is 1. The van der Waals surface area contributed by atoms with Gasteiger partial charge in [0, 0.05) is 6.04 Å². The molecule has 1 aliphatic carbocycles. The number of hydrogen-bond donors (Lipinski definition) is 1. The molecule has 0 spiro atoms. The molecule has 1 saturated carbocycles. The smallest absolute Gasteiger partial charge is 0.325 e. The van der Waals surface area contributed by atoms with Gasteiger partial charge in [-0.3, -0.25) is 4.79 Å². The first kappa shape index (κ1) is 15.4. The summed E-state index contributed by atoms with van der Waals surface area (Å²) < 4.78 is 4.70. The van der Waals surface area contributed by atoms with E-state index in [0.29, 0.717) is 12.5 Å². The molecule has 0 amide bonds. The van der Waals surface area contributed by atoms with E-state index in [0.717, 1.165) is 25.3 Å². The molecule has 1 aliphatic rings. The highest BCUT2D eigenvalue weighted by molar-refractivity contribution is 5.79. The third kappa shape index (κ3) is 4.58. The van der Waals surface area contributed by atoms with Gasteiger partial charge in [-0.05, 0) is 65.5 Å². The minimum absolute atomic E-state index is 0.317. The molecule has 0 aromatic heterocycles. The zero-order chi connectivity index (χ0) is 13.8. The standard InChI is InChI=1S/C14H28N2O2/c1-11(12-7-8-12)16(3)10-6-5-9-14(2,15)13(17)18-4/h11-12H,5-10,15H2,1-4H3. The van der Waals surface area contributed by atoms with Gasteiger partial charge < -0.3 is 15.4 Å². The molecule has 4 heteroatoms. The summed E-state index contributed by atoms with van der Waals surface area (Å²) >= 11 is 0. The molecule has 2 unspecified atom stereocenters. The van der Waals surface area contributed by atoms with Crippen molar-refractivity contribution in [2.75, 3.05) is 20.7 Å². The lowest BCUT2D eigenvalue weighted by molar-refractivity contribution is -0.146. The van der Waals surface area contributed by atoms with Crippen LogP contribution in [0.2, 0.25) is 0 Å². The Kier molecular flexibility index (Phi) is 5.60. The molecule has 0 heterocycles. The highest BCUT2D eigenvalue weighted by Crippen LogP contribution is 2.34. The van der Waals surface area contributed by atoms with Crippen LogP contribution in [-0.2, 0) is 9.53 Å². The van der Waals surface area contributed by atoms with Gasteiger partial charge in [0.2, 0.25) is 0 Å². The molecule has 18 heavy (non-hydrogen) atoms. The van der Waals surface area contributed by atoms with E-state index >= 15 is 0 Å². The number of rotatable bonds is 8. The van der Waals surface area contributed by atoms with Gasteiger partial charge >= 0.3 is 5.97 Å². The Morgan fingerprint density at radius 3 is 2.61 bits per heavy atom. The minimum atomic E-state index is -0.838. The van der Waals surface area contributed by atoms with E-state index in [2.05, 4.69) is 18.9 Å². The first-order valence-corrected chi connectivity index (χ1v) is 6.96. The summed E-state index contributed by atoms with van der Waals surface area (Å²) in [7, 11) is 3.57. The molecule has 2 atom stereocenters. The Labute approximate surface area is 111 Å². The predicted molar refractivity (Wildman–Crippen MR) is 73.3 cm³/mol. The van der Waals surface area contributed by atoms with Gasteiger partial charge in [0.25, 0.3) is 0 Å². The fourth-order valence-corrected chi connectivity index (χ4v) is 2.33. The van der Waals surface area contributed by atoms with Crippen molar-refractivity contribution in [3.05, 3.63) is 0 Å². The average molecular weight is 256 g/mol. The van der Waals surface area contributed by atoms with Crippen LogP contribution in [0, 0.1) is 5.92 Å². The van der Waals surface area contributed by atoms with E-state index in [9.17, 15) is 4.79 Å². The molecule has 0 aromatic carbocycles. The second-order valence-electron chi connectivity index (χ2n) is 5.92. The maximum absolute atomic E-state index is 11.4. The third-order valence-electron chi connectivity index (χ3n) is 4.11. The van der Waals surface area contributed by atoms with Crippen molar-refractivity contribution >= 4 is 5.97 Å². The Morgan fingerprint density at radius 1 is 1.50 bits per heavy atom. The second-order valence-corrected chi connectivity index (χ2v) is 5.92. The van der Waals surface area contributed by atoms with E-state index in [1.807, 2.05) is 0 Å². The number of ether oxygens (including phenoxy) is 1. The molecule has 0 radical (unpaired) electrons. The van der Waals surface area contributed by atoms with Crippen molar-refractivity contribution in [2.24, 2.45) is 11.7 Å². The van der Waals surface area contributed by atoms with Crippen LogP contribution in [0.1, 0.15) is 46.0 Å². The summed E-state index contributed by atoms with van der Waals surface area (Å²) in [4.78, 5) is 13.8. The first-order chi connectivity index (χ1) is 8.38. The maximum atomic E-state index is 11.4. The van der Waals surface area contributed by atoms with Crippen LogP contribution in [0.25, 0.3) is 0 Å². The van der Waals surface area contributed by atoms with Crippen LogP contribution in [0.4, 0.5) is 0 Å². The minimum Gasteiger partial charge on any atom is -0.468 e. The lowest BCUT2D eigenvalue weighted by Gasteiger charge is -2.25. The first-order valence-electron chi connectivity index (χ1n) is 6.96. The molecule has 4 nitrogen and oxygen atoms in total. The normalized spacial score (nSPS) is 20.6. The van der Waals surface area contributed by atoms with E-state index < -0.39 is 5.54 Å². The molecule has 0 saturated heterocycles. The molecule has 0 aromatic rings. The Morgan fingerprint density at radius 2 is 2.11 bits per heavy atom. The van der Waals surface area contributed by atoms with Crippen LogP contribution < -0.4 is 5.73 Å². The van der Waals surface area contributed by atoms with E-state index in [1.165, 1.54) is 20.0 Å². The number of carbonyl (C=O) groups is 1. The quantitative estimate of drug-likeness (QED) is 0.531. The number of esters is 1. The number of carbonyl (C=O) groups excluding carboxylic acids is 1. The summed E-state index contributed by atoms with van der Waals surface area (Å²) in [6.07, 6.45) is 5.50. The van der Waals surface area contributed by atoms with E-state index in [-0.39, 0.29) is 5.97 Å². The third-order valence-corrected chi connectivity index (χ3v) is 4.11. The van der Waals surface area contributed by atoms with Crippen molar-refractivity contribution < 1.29 is 9.53 Å². The van der Waals surface area contributed by atoms with Crippen LogP contribution in [0.3, 0.4) is 0 Å². The monoisotopic (exact) mass is 256 g/mol. The van der Waals surface area contributed by atoms with Gasteiger partial charge in [-0.25, -0.2) is 0 Å². The van der Waals surface area contributed by atoms with Gasteiger partial charge in [-0.15, -0.1) is 0 Å². The van der Waals surface area contributed by atoms with Crippen molar-refractivity contribution in [2.45, 2.75) is 57.5 Å². The van der Waals surface area contributed by atoms with E-state index in [1.54, 1.807) is 6.92 Å². The summed E-state index contributed by atoms with van der Waals surface area (Å²) in [6.45, 7) is 5.13. The highest BCUT2D eigenvalue weighted by atomic mass is 16.5. The molecular formula is C14H28N2O2. The molecule has 0 aliphatic heterocycles. The fraction of sp³-hybridized carbons (Fsp3) is 0.929. The summed E-state index contributed by atoms with van der Waals surface area (Å²) in [5.41, 5.74) is 5.08. The number of nitrogens with zero attached hydrogens (tertiary/aromatic N) is 1. The SMILES string of the molecule is COC(=O)C(C)(N)CCCCN(C)C(C)C1CC1. The van der Waals surface area contributed by atoms with Crippen molar-refractivity contribution in [1.29, 1.82) is 0 Å². The van der Waals surface area contributed by atoms with Gasteiger partial charge in [0.15, 0.2) is 0 Å². The van der Waals surface area contributed by atoms with Crippen LogP contribution in [0.5, 0.6) is 0 Å². The zero-order valence-electron chi connectivity index (χ0n) is 12.2. The highest BCUT2D eigenvalue weighted by Gasteiger charge is 2.31. The van der Waals surface area contributed by atoms with Crippen molar-refractivity contribution in [3.63, 3.8) is 0 Å². The number of methoxy groups -OCH3 is 1. The maximum Gasteiger partial charge on any atom is 0.325 e. The van der Waals surface area contributed by atoms with E-state index in [4.69, 9.17) is 10.5 Å². The predicted octanol–water partition coefficient (Wildman–Crippen LogP) is 1.78. The molecule has 1 fully saturated rings. The Bertz CT molecular complexity index is 275. The van der Waals surface area contributed by atoms with Crippen LogP contribution in [0.15, 0.2) is 0 Å². The zero-order valence-corrected chi connectivity index (χ0v) is 12.2. The van der Waals surface area contributed by atoms with Gasteiger partial charge in [0.05, 0.1) is 7.11 Å². The molecule has 106 valence electrons. The largest absolute Gasteiger partial charge is 0.468 e. The Balaban J connectivity index is 2.15. The summed E-state index contributed by atoms with van der Waals surface area (Å²) in [5, 5.41) is 0. The van der Waals surface area contributed by atoms with Crippen molar-refractivity contribution in [3.8, 4) is 0 Å². The van der Waals surface area contributed by atoms with Gasteiger partial charge in [0.1, 0.15) is 5.54 Å².